The van der Waals surface area contributed by atoms with Gasteiger partial charge in [0.25, 0.3) is 0 Å². The van der Waals surface area contributed by atoms with Crippen molar-refractivity contribution < 1.29 is 14.3 Å². The Balaban J connectivity index is 1.78. The predicted molar refractivity (Wildman–Crippen MR) is 51.1 cm³/mol. The number of ether oxygens (including phenoxy) is 2. The standard InChI is InChI=1S/C9H11NO3S/c11-7(5-8-10-1-4-14-8)6-9-12-2-3-13-9/h1,4,9H,2-3,5-6H2. The van der Waals surface area contributed by atoms with E-state index in [9.17, 15) is 4.79 Å². The highest BCUT2D eigenvalue weighted by Gasteiger charge is 2.19. The third kappa shape index (κ3) is 2.60. The maximum absolute atomic E-state index is 11.5. The SMILES string of the molecule is O=C(Cc1nccs1)CC1OCCO1. The molecule has 76 valence electrons. The summed E-state index contributed by atoms with van der Waals surface area (Å²) in [6.07, 6.45) is 2.10. The van der Waals surface area contributed by atoms with E-state index in [1.54, 1.807) is 6.20 Å². The molecule has 0 amide bonds. The monoisotopic (exact) mass is 213 g/mol. The first-order chi connectivity index (χ1) is 6.84. The van der Waals surface area contributed by atoms with Gasteiger partial charge in [0, 0.05) is 11.6 Å². The van der Waals surface area contributed by atoms with Gasteiger partial charge in [-0.05, 0) is 0 Å². The molecule has 1 fully saturated rings. The Hall–Kier alpha value is -0.780. The van der Waals surface area contributed by atoms with Gasteiger partial charge in [0.05, 0.1) is 31.1 Å². The molecule has 0 radical (unpaired) electrons. The van der Waals surface area contributed by atoms with Crippen molar-refractivity contribution in [3.05, 3.63) is 16.6 Å². The number of rotatable bonds is 4. The molecule has 0 aliphatic carbocycles. The van der Waals surface area contributed by atoms with Crippen molar-refractivity contribution in [1.29, 1.82) is 0 Å². The average molecular weight is 213 g/mol. The number of aromatic nitrogens is 1. The van der Waals surface area contributed by atoms with Gasteiger partial charge < -0.3 is 9.47 Å². The van der Waals surface area contributed by atoms with Crippen LogP contribution in [0.4, 0.5) is 0 Å². The summed E-state index contributed by atoms with van der Waals surface area (Å²) in [5.74, 6) is 0.117. The van der Waals surface area contributed by atoms with E-state index in [4.69, 9.17) is 9.47 Å². The van der Waals surface area contributed by atoms with Crippen LogP contribution >= 0.6 is 11.3 Å². The Kier molecular flexibility index (Phi) is 3.23. The summed E-state index contributed by atoms with van der Waals surface area (Å²) in [5, 5.41) is 2.72. The van der Waals surface area contributed by atoms with Gasteiger partial charge in [0.1, 0.15) is 5.78 Å². The number of thiazole rings is 1. The van der Waals surface area contributed by atoms with Gasteiger partial charge in [0.15, 0.2) is 6.29 Å². The molecule has 2 heterocycles. The zero-order valence-corrected chi connectivity index (χ0v) is 8.46. The molecular formula is C9H11NO3S. The van der Waals surface area contributed by atoms with Crippen LogP contribution < -0.4 is 0 Å². The Morgan fingerprint density at radius 1 is 1.57 bits per heavy atom. The highest BCUT2D eigenvalue weighted by atomic mass is 32.1. The van der Waals surface area contributed by atoms with Crippen LogP contribution in [0.25, 0.3) is 0 Å². The van der Waals surface area contributed by atoms with Gasteiger partial charge in [-0.1, -0.05) is 0 Å². The van der Waals surface area contributed by atoms with Gasteiger partial charge in [-0.2, -0.15) is 0 Å². The topological polar surface area (TPSA) is 48.4 Å². The lowest BCUT2D eigenvalue weighted by Crippen LogP contribution is -2.15. The average Bonchev–Trinajstić information content (AvgIpc) is 2.76. The van der Waals surface area contributed by atoms with E-state index in [-0.39, 0.29) is 12.1 Å². The molecule has 0 atom stereocenters. The van der Waals surface area contributed by atoms with Gasteiger partial charge in [0.2, 0.25) is 0 Å². The first kappa shape index (κ1) is 9.76. The van der Waals surface area contributed by atoms with Crippen LogP contribution in [0.5, 0.6) is 0 Å². The van der Waals surface area contributed by atoms with E-state index in [1.807, 2.05) is 5.38 Å². The molecule has 4 nitrogen and oxygen atoms in total. The first-order valence-electron chi connectivity index (χ1n) is 4.48. The second-order valence-electron chi connectivity index (χ2n) is 3.02. The summed E-state index contributed by atoms with van der Waals surface area (Å²) < 4.78 is 10.4. The van der Waals surface area contributed by atoms with Crippen molar-refractivity contribution in [3.8, 4) is 0 Å². The second-order valence-corrected chi connectivity index (χ2v) is 4.00. The lowest BCUT2D eigenvalue weighted by molar-refractivity contribution is -0.126. The minimum Gasteiger partial charge on any atom is -0.350 e. The fourth-order valence-corrected chi connectivity index (χ4v) is 1.94. The molecule has 1 aliphatic heterocycles. The highest BCUT2D eigenvalue weighted by molar-refractivity contribution is 7.09. The van der Waals surface area contributed by atoms with Crippen molar-refractivity contribution in [1.82, 2.24) is 4.98 Å². The molecule has 1 aliphatic rings. The van der Waals surface area contributed by atoms with Crippen molar-refractivity contribution in [2.45, 2.75) is 19.1 Å². The Bertz CT molecular complexity index is 293. The third-order valence-electron chi connectivity index (χ3n) is 1.92. The second kappa shape index (κ2) is 4.63. The molecule has 0 N–H and O–H groups in total. The predicted octanol–water partition coefficient (Wildman–Crippen LogP) is 1.02. The van der Waals surface area contributed by atoms with E-state index >= 15 is 0 Å². The molecule has 0 unspecified atom stereocenters. The molecular weight excluding hydrogens is 202 g/mol. The van der Waals surface area contributed by atoms with Gasteiger partial charge in [-0.3, -0.25) is 4.79 Å². The maximum atomic E-state index is 11.5. The minimum atomic E-state index is -0.331. The number of ketones is 1. The van der Waals surface area contributed by atoms with Gasteiger partial charge >= 0.3 is 0 Å². The fourth-order valence-electron chi connectivity index (χ4n) is 1.29. The number of hydrogen-bond donors (Lipinski definition) is 0. The van der Waals surface area contributed by atoms with Crippen molar-refractivity contribution >= 4 is 17.1 Å². The summed E-state index contributed by atoms with van der Waals surface area (Å²) in [6, 6.07) is 0. The van der Waals surface area contributed by atoms with Crippen LogP contribution in [-0.4, -0.2) is 30.3 Å². The van der Waals surface area contributed by atoms with E-state index < -0.39 is 0 Å². The van der Waals surface area contributed by atoms with Crippen LogP contribution in [0.1, 0.15) is 11.4 Å². The molecule has 2 rings (SSSR count). The third-order valence-corrected chi connectivity index (χ3v) is 2.70. The van der Waals surface area contributed by atoms with E-state index in [0.29, 0.717) is 26.1 Å². The Morgan fingerprint density at radius 3 is 3.00 bits per heavy atom. The molecule has 1 aromatic heterocycles. The molecule has 1 saturated heterocycles. The summed E-state index contributed by atoms with van der Waals surface area (Å²) in [6.45, 7) is 1.18. The molecule has 0 saturated carbocycles. The van der Waals surface area contributed by atoms with E-state index in [0.717, 1.165) is 5.01 Å². The number of hydrogen-bond acceptors (Lipinski definition) is 5. The highest BCUT2D eigenvalue weighted by Crippen LogP contribution is 2.11. The summed E-state index contributed by atoms with van der Waals surface area (Å²) in [5.41, 5.74) is 0. The summed E-state index contributed by atoms with van der Waals surface area (Å²) in [4.78, 5) is 15.5. The van der Waals surface area contributed by atoms with Crippen molar-refractivity contribution in [2.24, 2.45) is 0 Å². The van der Waals surface area contributed by atoms with Crippen LogP contribution in [-0.2, 0) is 20.7 Å². The Labute approximate surface area is 85.9 Å². The molecule has 1 aromatic rings. The van der Waals surface area contributed by atoms with Crippen LogP contribution in [0, 0.1) is 0 Å². The molecule has 14 heavy (non-hydrogen) atoms. The smallest absolute Gasteiger partial charge is 0.164 e. The van der Waals surface area contributed by atoms with Crippen LogP contribution in [0.3, 0.4) is 0 Å². The summed E-state index contributed by atoms with van der Waals surface area (Å²) >= 11 is 1.50. The Morgan fingerprint density at radius 2 is 2.36 bits per heavy atom. The summed E-state index contributed by atoms with van der Waals surface area (Å²) in [7, 11) is 0. The lowest BCUT2D eigenvalue weighted by atomic mass is 10.2. The largest absolute Gasteiger partial charge is 0.350 e. The minimum absolute atomic E-state index is 0.117. The first-order valence-corrected chi connectivity index (χ1v) is 5.36. The number of nitrogens with zero attached hydrogens (tertiary/aromatic N) is 1. The zero-order chi connectivity index (χ0) is 9.80. The molecule has 5 heteroatoms. The fraction of sp³-hybridized carbons (Fsp3) is 0.556. The van der Waals surface area contributed by atoms with Crippen molar-refractivity contribution in [2.75, 3.05) is 13.2 Å². The van der Waals surface area contributed by atoms with Crippen LogP contribution in [0.2, 0.25) is 0 Å². The number of carbonyl (C=O) groups is 1. The zero-order valence-electron chi connectivity index (χ0n) is 7.64. The quantitative estimate of drug-likeness (QED) is 0.749. The maximum Gasteiger partial charge on any atom is 0.164 e. The van der Waals surface area contributed by atoms with E-state index in [1.165, 1.54) is 11.3 Å². The van der Waals surface area contributed by atoms with Gasteiger partial charge in [-0.25, -0.2) is 4.98 Å². The van der Waals surface area contributed by atoms with Crippen LogP contribution in [0.15, 0.2) is 11.6 Å². The number of Topliss-reactive ketones (excluding diaryl/α,β-unsaturated/α-hetero) is 1. The molecule has 0 aromatic carbocycles. The normalized spacial score (nSPS) is 17.4. The van der Waals surface area contributed by atoms with E-state index in [2.05, 4.69) is 4.98 Å². The lowest BCUT2D eigenvalue weighted by Gasteiger charge is -2.06. The van der Waals surface area contributed by atoms with Gasteiger partial charge in [-0.15, -0.1) is 11.3 Å². The number of carbonyl (C=O) groups excluding carboxylic acids is 1. The molecule has 0 spiro atoms. The molecule has 0 bridgehead atoms. The van der Waals surface area contributed by atoms with Crippen molar-refractivity contribution in [3.63, 3.8) is 0 Å².